The number of ether oxygens (including phenoxy) is 1. The number of rotatable bonds is 3. The van der Waals surface area contributed by atoms with Crippen LogP contribution >= 0.6 is 0 Å². The van der Waals surface area contributed by atoms with Crippen LogP contribution in [-0.2, 0) is 19.6 Å². The zero-order valence-electron chi connectivity index (χ0n) is 9.11. The molecule has 0 aromatic rings. The molecule has 0 unspecified atom stereocenters. The normalized spacial score (nSPS) is 34.4. The summed E-state index contributed by atoms with van der Waals surface area (Å²) in [6, 6.07) is 0. The number of sulfonamides is 1. The van der Waals surface area contributed by atoms with E-state index in [4.69, 9.17) is 9.84 Å². The summed E-state index contributed by atoms with van der Waals surface area (Å²) in [7, 11) is -3.73. The Kier molecular flexibility index (Phi) is 4.44. The summed E-state index contributed by atoms with van der Waals surface area (Å²) in [5.41, 5.74) is 0. The van der Waals surface area contributed by atoms with Gasteiger partial charge in [-0.25, -0.2) is 8.42 Å². The van der Waals surface area contributed by atoms with E-state index < -0.39 is 46.8 Å². The van der Waals surface area contributed by atoms with Crippen molar-refractivity contribution in [3.8, 4) is 0 Å². The molecule has 0 radical (unpaired) electrons. The van der Waals surface area contributed by atoms with Gasteiger partial charge in [0.2, 0.25) is 15.9 Å². The summed E-state index contributed by atoms with van der Waals surface area (Å²) in [4.78, 5) is 11.5. The van der Waals surface area contributed by atoms with Crippen molar-refractivity contribution in [3.63, 3.8) is 0 Å². The Hall–Kier alpha value is -0.740. The van der Waals surface area contributed by atoms with Crippen molar-refractivity contribution >= 4 is 15.9 Å². The fraction of sp³-hybridized carbons (Fsp3) is 0.875. The first-order chi connectivity index (χ1) is 7.76. The first kappa shape index (κ1) is 14.3. The van der Waals surface area contributed by atoms with Crippen LogP contribution in [0.3, 0.4) is 0 Å². The zero-order valence-corrected chi connectivity index (χ0v) is 9.92. The number of carbonyl (C=O) groups is 1. The van der Waals surface area contributed by atoms with Gasteiger partial charge in [0.15, 0.2) is 0 Å². The summed E-state index contributed by atoms with van der Waals surface area (Å²) < 4.78 is 28.3. The fourth-order valence-electron chi connectivity index (χ4n) is 1.53. The summed E-state index contributed by atoms with van der Waals surface area (Å²) in [6.07, 6.45) is -3.10. The van der Waals surface area contributed by atoms with Crippen molar-refractivity contribution < 1.29 is 33.3 Å². The lowest BCUT2D eigenvalue weighted by molar-refractivity contribution is -0.180. The molecule has 0 aromatic carbocycles. The molecule has 4 N–H and O–H groups in total. The second-order valence-electron chi connectivity index (χ2n) is 3.88. The van der Waals surface area contributed by atoms with Crippen molar-refractivity contribution in [1.29, 1.82) is 0 Å². The smallest absolute Gasteiger partial charge is 0.241 e. The minimum absolute atomic E-state index is 0.273. The number of carbonyl (C=O) groups excluding carboxylic acids is 1. The average Bonchev–Trinajstić information content (AvgIpc) is 2.19. The molecule has 0 bridgehead atoms. The van der Waals surface area contributed by atoms with E-state index in [1.54, 1.807) is 4.72 Å². The number of hydrogen-bond donors (Lipinski definition) is 4. The summed E-state index contributed by atoms with van der Waals surface area (Å²) in [5.74, 6) is -2.14. The highest BCUT2D eigenvalue weighted by Crippen LogP contribution is 2.20. The summed E-state index contributed by atoms with van der Waals surface area (Å²) in [6.45, 7) is -0.774. The molecular formula is C8H15NO7S. The SMILES string of the molecule is CS(=O)(=O)NC(=O)[C@@H]1CO[C@H](CO)[C@H](O)[C@@H]1O. The molecule has 1 heterocycles. The summed E-state index contributed by atoms with van der Waals surface area (Å²) >= 11 is 0. The molecule has 8 nitrogen and oxygen atoms in total. The monoisotopic (exact) mass is 269 g/mol. The van der Waals surface area contributed by atoms with Crippen molar-refractivity contribution in [2.45, 2.75) is 18.3 Å². The molecule has 100 valence electrons. The van der Waals surface area contributed by atoms with Crippen molar-refractivity contribution in [1.82, 2.24) is 4.72 Å². The molecule has 1 rings (SSSR count). The minimum Gasteiger partial charge on any atom is -0.394 e. The molecule has 1 amide bonds. The van der Waals surface area contributed by atoms with Gasteiger partial charge in [0.1, 0.15) is 12.2 Å². The van der Waals surface area contributed by atoms with Crippen LogP contribution in [-0.4, -0.2) is 67.4 Å². The lowest BCUT2D eigenvalue weighted by Crippen LogP contribution is -2.56. The molecule has 4 atom stereocenters. The third-order valence-electron chi connectivity index (χ3n) is 2.44. The van der Waals surface area contributed by atoms with E-state index in [1.807, 2.05) is 0 Å². The van der Waals surface area contributed by atoms with E-state index in [2.05, 4.69) is 0 Å². The maximum Gasteiger partial charge on any atom is 0.241 e. The molecule has 1 fully saturated rings. The van der Waals surface area contributed by atoms with Gasteiger partial charge in [-0.2, -0.15) is 0 Å². The van der Waals surface area contributed by atoms with Gasteiger partial charge in [-0.1, -0.05) is 0 Å². The third-order valence-corrected chi connectivity index (χ3v) is 3.01. The number of hydrogen-bond acceptors (Lipinski definition) is 7. The first-order valence-corrected chi connectivity index (χ1v) is 6.75. The van der Waals surface area contributed by atoms with E-state index in [0.29, 0.717) is 0 Å². The average molecular weight is 269 g/mol. The molecule has 17 heavy (non-hydrogen) atoms. The van der Waals surface area contributed by atoms with Gasteiger partial charge in [0, 0.05) is 0 Å². The molecule has 0 aromatic heterocycles. The lowest BCUT2D eigenvalue weighted by atomic mass is 9.92. The van der Waals surface area contributed by atoms with E-state index in [0.717, 1.165) is 6.26 Å². The van der Waals surface area contributed by atoms with E-state index >= 15 is 0 Å². The largest absolute Gasteiger partial charge is 0.394 e. The van der Waals surface area contributed by atoms with Crippen LogP contribution in [0.5, 0.6) is 0 Å². The maximum absolute atomic E-state index is 11.5. The highest BCUT2D eigenvalue weighted by atomic mass is 32.2. The van der Waals surface area contributed by atoms with Crippen LogP contribution in [0.25, 0.3) is 0 Å². The molecule has 9 heteroatoms. The predicted octanol–water partition coefficient (Wildman–Crippen LogP) is -3.21. The van der Waals surface area contributed by atoms with E-state index in [-0.39, 0.29) is 6.61 Å². The third kappa shape index (κ3) is 3.61. The topological polar surface area (TPSA) is 133 Å². The Balaban J connectivity index is 2.71. The summed E-state index contributed by atoms with van der Waals surface area (Å²) in [5, 5.41) is 27.9. The second-order valence-corrected chi connectivity index (χ2v) is 5.63. The molecule has 1 aliphatic rings. The second kappa shape index (κ2) is 5.27. The highest BCUT2D eigenvalue weighted by Gasteiger charge is 2.42. The zero-order chi connectivity index (χ0) is 13.2. The Bertz CT molecular complexity index is 381. The van der Waals surface area contributed by atoms with Gasteiger partial charge in [-0.3, -0.25) is 9.52 Å². The van der Waals surface area contributed by atoms with Gasteiger partial charge in [-0.15, -0.1) is 0 Å². The van der Waals surface area contributed by atoms with Crippen LogP contribution in [0.15, 0.2) is 0 Å². The van der Waals surface area contributed by atoms with Crippen LogP contribution in [0.1, 0.15) is 0 Å². The molecule has 0 spiro atoms. The molecule has 1 aliphatic heterocycles. The standard InChI is InChI=1S/C8H15NO7S/c1-17(14,15)9-8(13)4-3-16-5(2-10)7(12)6(4)11/h4-7,10-12H,2-3H2,1H3,(H,9,13)/t4-,5-,6-,7+/m1/s1. The van der Waals surface area contributed by atoms with Crippen molar-refractivity contribution in [3.05, 3.63) is 0 Å². The lowest BCUT2D eigenvalue weighted by Gasteiger charge is -2.35. The first-order valence-electron chi connectivity index (χ1n) is 4.86. The van der Waals surface area contributed by atoms with Crippen molar-refractivity contribution in [2.75, 3.05) is 19.5 Å². The van der Waals surface area contributed by atoms with Gasteiger partial charge in [0.25, 0.3) is 0 Å². The van der Waals surface area contributed by atoms with Crippen LogP contribution < -0.4 is 4.72 Å². The molecule has 0 aliphatic carbocycles. The van der Waals surface area contributed by atoms with Crippen LogP contribution in [0.2, 0.25) is 0 Å². The predicted molar refractivity (Wildman–Crippen MR) is 55.3 cm³/mol. The number of aliphatic hydroxyl groups is 3. The Morgan fingerprint density at radius 2 is 2.00 bits per heavy atom. The Morgan fingerprint density at radius 3 is 2.47 bits per heavy atom. The minimum atomic E-state index is -3.73. The van der Waals surface area contributed by atoms with Gasteiger partial charge < -0.3 is 20.1 Å². The molecular weight excluding hydrogens is 254 g/mol. The number of nitrogens with one attached hydrogen (secondary N) is 1. The van der Waals surface area contributed by atoms with E-state index in [1.165, 1.54) is 0 Å². The quantitative estimate of drug-likeness (QED) is 0.424. The fourth-order valence-corrected chi connectivity index (χ4v) is 2.05. The van der Waals surface area contributed by atoms with Crippen LogP contribution in [0, 0.1) is 5.92 Å². The van der Waals surface area contributed by atoms with Gasteiger partial charge in [0.05, 0.1) is 31.5 Å². The molecule has 0 saturated carbocycles. The van der Waals surface area contributed by atoms with Gasteiger partial charge >= 0.3 is 0 Å². The van der Waals surface area contributed by atoms with E-state index in [9.17, 15) is 23.4 Å². The molecule has 1 saturated heterocycles. The highest BCUT2D eigenvalue weighted by molar-refractivity contribution is 7.89. The number of aliphatic hydroxyl groups excluding tert-OH is 3. The Labute approximate surface area is 98.3 Å². The van der Waals surface area contributed by atoms with Gasteiger partial charge in [-0.05, 0) is 0 Å². The van der Waals surface area contributed by atoms with Crippen molar-refractivity contribution in [2.24, 2.45) is 5.92 Å². The maximum atomic E-state index is 11.5. The Morgan fingerprint density at radius 1 is 1.41 bits per heavy atom. The van der Waals surface area contributed by atoms with Crippen LogP contribution in [0.4, 0.5) is 0 Å². The number of amides is 1.